The molecule has 0 spiro atoms. The van der Waals surface area contributed by atoms with E-state index in [4.69, 9.17) is 10.5 Å². The standard InChI is InChI=1S/C18H29N5O3/c1-2-26-14-7-4-11(5-8-14)21-17-15(16(19)25)10-20-18(23-17)22-12-3-6-13(24)9-12/h10-14,24H,2-9H2,1H3,(H2,19,25)(H2,20,21,22,23)/t11?,12?,13-,14?/m1/s1. The van der Waals surface area contributed by atoms with E-state index < -0.39 is 5.91 Å². The van der Waals surface area contributed by atoms with Gasteiger partial charge in [0.1, 0.15) is 5.82 Å². The summed E-state index contributed by atoms with van der Waals surface area (Å²) < 4.78 is 5.69. The van der Waals surface area contributed by atoms with Crippen molar-refractivity contribution >= 4 is 17.7 Å². The van der Waals surface area contributed by atoms with Crippen LogP contribution in [0, 0.1) is 0 Å². The highest BCUT2D eigenvalue weighted by Crippen LogP contribution is 2.26. The fourth-order valence-corrected chi connectivity index (χ4v) is 3.82. The molecule has 2 aliphatic rings. The van der Waals surface area contributed by atoms with Crippen LogP contribution in [0.2, 0.25) is 0 Å². The molecule has 1 aromatic heterocycles. The molecule has 26 heavy (non-hydrogen) atoms. The number of aromatic nitrogens is 2. The van der Waals surface area contributed by atoms with E-state index in [0.29, 0.717) is 29.9 Å². The Labute approximate surface area is 153 Å². The van der Waals surface area contributed by atoms with E-state index in [1.807, 2.05) is 6.92 Å². The molecule has 2 saturated carbocycles. The van der Waals surface area contributed by atoms with Crippen molar-refractivity contribution in [2.24, 2.45) is 5.73 Å². The fourth-order valence-electron chi connectivity index (χ4n) is 3.82. The van der Waals surface area contributed by atoms with Crippen LogP contribution in [0.3, 0.4) is 0 Å². The van der Waals surface area contributed by atoms with Gasteiger partial charge in [0, 0.05) is 24.9 Å². The zero-order valence-corrected chi connectivity index (χ0v) is 15.3. The zero-order chi connectivity index (χ0) is 18.5. The van der Waals surface area contributed by atoms with Crippen LogP contribution in [0.15, 0.2) is 6.20 Å². The predicted octanol–water partition coefficient (Wildman–Crippen LogP) is 1.66. The summed E-state index contributed by atoms with van der Waals surface area (Å²) in [7, 11) is 0. The van der Waals surface area contributed by atoms with Crippen LogP contribution in [-0.4, -0.2) is 51.9 Å². The lowest BCUT2D eigenvalue weighted by atomic mass is 9.93. The average Bonchev–Trinajstić information content (AvgIpc) is 3.02. The smallest absolute Gasteiger partial charge is 0.254 e. The van der Waals surface area contributed by atoms with E-state index in [0.717, 1.165) is 45.1 Å². The lowest BCUT2D eigenvalue weighted by molar-refractivity contribution is 0.0346. The van der Waals surface area contributed by atoms with Gasteiger partial charge in [-0.25, -0.2) is 4.98 Å². The van der Waals surface area contributed by atoms with Crippen molar-refractivity contribution in [1.82, 2.24) is 9.97 Å². The molecule has 2 atom stereocenters. The first-order chi connectivity index (χ1) is 12.5. The SMILES string of the molecule is CCOC1CCC(Nc2nc(NC3CC[C@@H](O)C3)ncc2C(N)=O)CC1. The summed E-state index contributed by atoms with van der Waals surface area (Å²) >= 11 is 0. The molecule has 2 fully saturated rings. The molecule has 8 nitrogen and oxygen atoms in total. The maximum atomic E-state index is 11.7. The van der Waals surface area contributed by atoms with Crippen molar-refractivity contribution < 1.29 is 14.6 Å². The highest BCUT2D eigenvalue weighted by Gasteiger charge is 2.25. The van der Waals surface area contributed by atoms with Gasteiger partial charge in [0.15, 0.2) is 0 Å². The van der Waals surface area contributed by atoms with Gasteiger partial charge in [-0.15, -0.1) is 0 Å². The summed E-state index contributed by atoms with van der Waals surface area (Å²) in [5, 5.41) is 16.3. The number of primary amides is 1. The van der Waals surface area contributed by atoms with Crippen molar-refractivity contribution in [3.05, 3.63) is 11.8 Å². The van der Waals surface area contributed by atoms with E-state index >= 15 is 0 Å². The summed E-state index contributed by atoms with van der Waals surface area (Å²) in [5.74, 6) is 0.395. The van der Waals surface area contributed by atoms with Gasteiger partial charge < -0.3 is 26.2 Å². The maximum Gasteiger partial charge on any atom is 0.254 e. The predicted molar refractivity (Wildman–Crippen MR) is 99.1 cm³/mol. The molecule has 1 heterocycles. The Hall–Kier alpha value is -1.93. The second-order valence-electron chi connectivity index (χ2n) is 7.20. The summed E-state index contributed by atoms with van der Waals surface area (Å²) in [5.41, 5.74) is 5.78. The Bertz CT molecular complexity index is 619. The third kappa shape index (κ3) is 4.82. The van der Waals surface area contributed by atoms with Gasteiger partial charge in [0.2, 0.25) is 5.95 Å². The van der Waals surface area contributed by atoms with Crippen LogP contribution in [-0.2, 0) is 4.74 Å². The normalized spacial score (nSPS) is 28.7. The molecule has 3 rings (SSSR count). The monoisotopic (exact) mass is 363 g/mol. The molecule has 1 unspecified atom stereocenters. The number of carbonyl (C=O) groups excluding carboxylic acids is 1. The number of hydrogen-bond donors (Lipinski definition) is 4. The number of nitrogens with one attached hydrogen (secondary N) is 2. The molecule has 1 amide bonds. The van der Waals surface area contributed by atoms with E-state index in [2.05, 4.69) is 20.6 Å². The number of anilines is 2. The summed E-state index contributed by atoms with van der Waals surface area (Å²) in [6.45, 7) is 2.76. The van der Waals surface area contributed by atoms with Gasteiger partial charge in [-0.3, -0.25) is 4.79 Å². The molecular weight excluding hydrogens is 334 g/mol. The lowest BCUT2D eigenvalue weighted by Crippen LogP contribution is -2.31. The maximum absolute atomic E-state index is 11.7. The molecule has 1 aromatic rings. The van der Waals surface area contributed by atoms with Crippen molar-refractivity contribution in [3.63, 3.8) is 0 Å². The number of amides is 1. The van der Waals surface area contributed by atoms with Crippen molar-refractivity contribution in [3.8, 4) is 0 Å². The second kappa shape index (κ2) is 8.64. The number of rotatable bonds is 7. The number of ether oxygens (including phenoxy) is 1. The number of carbonyl (C=O) groups is 1. The van der Waals surface area contributed by atoms with Gasteiger partial charge >= 0.3 is 0 Å². The molecule has 5 N–H and O–H groups in total. The molecule has 2 aliphatic carbocycles. The van der Waals surface area contributed by atoms with Crippen LogP contribution in [0.5, 0.6) is 0 Å². The molecule has 0 aromatic carbocycles. The number of nitrogens with zero attached hydrogens (tertiary/aromatic N) is 2. The van der Waals surface area contributed by atoms with Crippen LogP contribution >= 0.6 is 0 Å². The Kier molecular flexibility index (Phi) is 6.26. The van der Waals surface area contributed by atoms with E-state index in [9.17, 15) is 9.90 Å². The van der Waals surface area contributed by atoms with Crippen LogP contribution < -0.4 is 16.4 Å². The zero-order valence-electron chi connectivity index (χ0n) is 15.3. The summed E-state index contributed by atoms with van der Waals surface area (Å²) in [6, 6.07) is 0.389. The van der Waals surface area contributed by atoms with Gasteiger partial charge in [-0.2, -0.15) is 4.98 Å². The minimum atomic E-state index is -0.543. The van der Waals surface area contributed by atoms with Crippen LogP contribution in [0.1, 0.15) is 62.2 Å². The minimum Gasteiger partial charge on any atom is -0.393 e. The highest BCUT2D eigenvalue weighted by atomic mass is 16.5. The number of aliphatic hydroxyl groups is 1. The number of nitrogens with two attached hydrogens (primary N) is 1. The van der Waals surface area contributed by atoms with Crippen LogP contribution in [0.4, 0.5) is 11.8 Å². The van der Waals surface area contributed by atoms with Crippen molar-refractivity contribution in [2.45, 2.75) is 76.2 Å². The third-order valence-electron chi connectivity index (χ3n) is 5.21. The van der Waals surface area contributed by atoms with Crippen molar-refractivity contribution in [2.75, 3.05) is 17.2 Å². The lowest BCUT2D eigenvalue weighted by Gasteiger charge is -2.29. The molecule has 0 bridgehead atoms. The first-order valence-electron chi connectivity index (χ1n) is 9.54. The molecule has 0 radical (unpaired) electrons. The molecule has 0 saturated heterocycles. The molecule has 0 aliphatic heterocycles. The molecule has 8 heteroatoms. The Morgan fingerprint density at radius 2 is 1.96 bits per heavy atom. The Morgan fingerprint density at radius 3 is 2.58 bits per heavy atom. The Balaban J connectivity index is 1.66. The van der Waals surface area contributed by atoms with Gasteiger partial charge in [0.25, 0.3) is 5.91 Å². The van der Waals surface area contributed by atoms with E-state index in [1.54, 1.807) is 0 Å². The minimum absolute atomic E-state index is 0.152. The number of aliphatic hydroxyl groups excluding tert-OH is 1. The average molecular weight is 363 g/mol. The van der Waals surface area contributed by atoms with E-state index in [-0.39, 0.29) is 18.2 Å². The quantitative estimate of drug-likeness (QED) is 0.581. The topological polar surface area (TPSA) is 122 Å². The fraction of sp³-hybridized carbons (Fsp3) is 0.722. The highest BCUT2D eigenvalue weighted by molar-refractivity contribution is 5.97. The van der Waals surface area contributed by atoms with Crippen LogP contribution in [0.25, 0.3) is 0 Å². The number of hydrogen-bond acceptors (Lipinski definition) is 7. The van der Waals surface area contributed by atoms with E-state index in [1.165, 1.54) is 6.20 Å². The Morgan fingerprint density at radius 1 is 1.23 bits per heavy atom. The van der Waals surface area contributed by atoms with Gasteiger partial charge in [-0.1, -0.05) is 0 Å². The largest absolute Gasteiger partial charge is 0.393 e. The first kappa shape index (κ1) is 18.8. The summed E-state index contributed by atoms with van der Waals surface area (Å²) in [6.07, 6.45) is 7.79. The third-order valence-corrected chi connectivity index (χ3v) is 5.21. The molecule has 144 valence electrons. The second-order valence-corrected chi connectivity index (χ2v) is 7.20. The first-order valence-corrected chi connectivity index (χ1v) is 9.54. The van der Waals surface area contributed by atoms with Gasteiger partial charge in [-0.05, 0) is 51.9 Å². The van der Waals surface area contributed by atoms with Crippen molar-refractivity contribution in [1.29, 1.82) is 0 Å². The van der Waals surface area contributed by atoms with Gasteiger partial charge in [0.05, 0.1) is 17.8 Å². The summed E-state index contributed by atoms with van der Waals surface area (Å²) in [4.78, 5) is 20.4. The molecular formula is C18H29N5O3.